The Hall–Kier alpha value is -2.17. The highest BCUT2D eigenvalue weighted by atomic mass is 16.6. The Balaban J connectivity index is 3.07. The Morgan fingerprint density at radius 3 is 2.64 bits per heavy atom. The second-order valence-electron chi connectivity index (χ2n) is 2.49. The summed E-state index contributed by atoms with van der Waals surface area (Å²) in [6.45, 7) is 0. The number of nitro benzene ring substituents is 1. The van der Waals surface area contributed by atoms with Gasteiger partial charge < -0.3 is 5.11 Å². The number of aliphatic carboxylic acids is 1. The average Bonchev–Trinajstić information content (AvgIpc) is 2.15. The third kappa shape index (κ3) is 2.41. The van der Waals surface area contributed by atoms with Gasteiger partial charge in [-0.15, -0.1) is 0 Å². The van der Waals surface area contributed by atoms with Crippen LogP contribution in [0.1, 0.15) is 5.56 Å². The van der Waals surface area contributed by atoms with Crippen molar-refractivity contribution in [3.63, 3.8) is 0 Å². The number of nitrogens with zero attached hydrogens (tertiary/aromatic N) is 1. The Labute approximate surface area is 79.4 Å². The molecular formula is C9H7NO4. The molecule has 0 unspecified atom stereocenters. The van der Waals surface area contributed by atoms with Crippen LogP contribution in [-0.4, -0.2) is 16.0 Å². The second kappa shape index (κ2) is 4.18. The fourth-order valence-corrected chi connectivity index (χ4v) is 0.956. The third-order valence-electron chi connectivity index (χ3n) is 1.54. The quantitative estimate of drug-likeness (QED) is 0.450. The number of benzene rings is 1. The summed E-state index contributed by atoms with van der Waals surface area (Å²) in [5.41, 5.74) is 0.171. The molecule has 1 rings (SSSR count). The Morgan fingerprint density at radius 1 is 1.43 bits per heavy atom. The minimum Gasteiger partial charge on any atom is -0.478 e. The third-order valence-corrected chi connectivity index (χ3v) is 1.54. The van der Waals surface area contributed by atoms with E-state index in [2.05, 4.69) is 0 Å². The molecule has 5 nitrogen and oxygen atoms in total. The van der Waals surface area contributed by atoms with Gasteiger partial charge in [-0.2, -0.15) is 0 Å². The van der Waals surface area contributed by atoms with Gasteiger partial charge in [0.15, 0.2) is 0 Å². The summed E-state index contributed by atoms with van der Waals surface area (Å²) in [7, 11) is 0. The number of hydrogen-bond acceptors (Lipinski definition) is 3. The van der Waals surface area contributed by atoms with Crippen molar-refractivity contribution < 1.29 is 14.8 Å². The fraction of sp³-hybridized carbons (Fsp3) is 0. The molecule has 0 heterocycles. The molecular weight excluding hydrogens is 186 g/mol. The maximum atomic E-state index is 10.5. The number of carboxylic acid groups (broad SMARTS) is 1. The fourth-order valence-electron chi connectivity index (χ4n) is 0.956. The number of carbonyl (C=O) groups is 1. The summed E-state index contributed by atoms with van der Waals surface area (Å²) in [4.78, 5) is 20.1. The summed E-state index contributed by atoms with van der Waals surface area (Å²) in [5, 5.41) is 18.8. The smallest absolute Gasteiger partial charge is 0.328 e. The van der Waals surface area contributed by atoms with Crippen LogP contribution in [-0.2, 0) is 4.79 Å². The normalized spacial score (nSPS) is 10.3. The zero-order valence-electron chi connectivity index (χ0n) is 7.08. The zero-order chi connectivity index (χ0) is 10.6. The molecule has 0 atom stereocenters. The molecule has 5 heteroatoms. The standard InChI is InChI=1S/C9H7NO4/c11-9(12)6-5-7-3-1-2-4-8(7)10(13)14/h1-6H,(H,11,12)/b6-5-. The van der Waals surface area contributed by atoms with Gasteiger partial charge in [-0.3, -0.25) is 10.1 Å². The van der Waals surface area contributed by atoms with Crippen molar-refractivity contribution in [1.82, 2.24) is 0 Å². The van der Waals surface area contributed by atoms with Crippen LogP contribution >= 0.6 is 0 Å². The number of hydrogen-bond donors (Lipinski definition) is 1. The lowest BCUT2D eigenvalue weighted by Gasteiger charge is -1.94. The molecule has 0 saturated carbocycles. The van der Waals surface area contributed by atoms with Gasteiger partial charge in [0.1, 0.15) is 0 Å². The summed E-state index contributed by atoms with van der Waals surface area (Å²) in [6, 6.07) is 5.93. The predicted octanol–water partition coefficient (Wildman–Crippen LogP) is 1.69. The molecule has 72 valence electrons. The minimum absolute atomic E-state index is 0.106. The maximum Gasteiger partial charge on any atom is 0.328 e. The van der Waals surface area contributed by atoms with E-state index in [1.807, 2.05) is 0 Å². The van der Waals surface area contributed by atoms with Crippen LogP contribution in [0.25, 0.3) is 6.08 Å². The molecule has 0 radical (unpaired) electrons. The van der Waals surface area contributed by atoms with E-state index in [9.17, 15) is 14.9 Å². The van der Waals surface area contributed by atoms with Gasteiger partial charge in [0, 0.05) is 12.1 Å². The molecule has 0 aliphatic rings. The van der Waals surface area contributed by atoms with Crippen LogP contribution in [0.5, 0.6) is 0 Å². The number of carboxylic acids is 1. The molecule has 1 N–H and O–H groups in total. The zero-order valence-corrected chi connectivity index (χ0v) is 7.08. The van der Waals surface area contributed by atoms with Crippen LogP contribution in [0.15, 0.2) is 30.3 Å². The highest BCUT2D eigenvalue weighted by Crippen LogP contribution is 2.18. The summed E-state index contributed by atoms with van der Waals surface area (Å²) >= 11 is 0. The highest BCUT2D eigenvalue weighted by Gasteiger charge is 2.09. The van der Waals surface area contributed by atoms with Crippen LogP contribution < -0.4 is 0 Å². The van der Waals surface area contributed by atoms with Gasteiger partial charge in [-0.25, -0.2) is 4.79 Å². The predicted molar refractivity (Wildman–Crippen MR) is 49.8 cm³/mol. The topological polar surface area (TPSA) is 80.4 Å². The lowest BCUT2D eigenvalue weighted by Crippen LogP contribution is -1.91. The van der Waals surface area contributed by atoms with E-state index in [1.54, 1.807) is 6.07 Å². The maximum absolute atomic E-state index is 10.5. The monoisotopic (exact) mass is 193 g/mol. The molecule has 0 fully saturated rings. The van der Waals surface area contributed by atoms with Gasteiger partial charge in [0.05, 0.1) is 10.5 Å². The van der Waals surface area contributed by atoms with Gasteiger partial charge in [-0.1, -0.05) is 12.1 Å². The minimum atomic E-state index is -1.14. The van der Waals surface area contributed by atoms with Crippen LogP contribution in [0.4, 0.5) is 5.69 Å². The molecule has 0 bridgehead atoms. The van der Waals surface area contributed by atoms with E-state index in [-0.39, 0.29) is 11.3 Å². The largest absolute Gasteiger partial charge is 0.478 e. The first-order chi connectivity index (χ1) is 6.61. The van der Waals surface area contributed by atoms with Crippen molar-refractivity contribution in [2.24, 2.45) is 0 Å². The van der Waals surface area contributed by atoms with Gasteiger partial charge >= 0.3 is 5.97 Å². The van der Waals surface area contributed by atoms with Crippen molar-refractivity contribution in [1.29, 1.82) is 0 Å². The van der Waals surface area contributed by atoms with E-state index >= 15 is 0 Å². The molecule has 0 saturated heterocycles. The van der Waals surface area contributed by atoms with Crippen LogP contribution in [0, 0.1) is 10.1 Å². The Morgan fingerprint density at radius 2 is 2.07 bits per heavy atom. The molecule has 14 heavy (non-hydrogen) atoms. The molecule has 1 aromatic rings. The molecule has 0 aliphatic carbocycles. The molecule has 0 spiro atoms. The second-order valence-corrected chi connectivity index (χ2v) is 2.49. The first kappa shape index (κ1) is 9.91. The number of rotatable bonds is 3. The molecule has 0 aromatic heterocycles. The molecule has 0 aliphatic heterocycles. The Bertz CT molecular complexity index is 398. The Kier molecular flexibility index (Phi) is 2.96. The van der Waals surface area contributed by atoms with Gasteiger partial charge in [-0.05, 0) is 12.1 Å². The van der Waals surface area contributed by atoms with Crippen molar-refractivity contribution in [2.45, 2.75) is 0 Å². The van der Waals surface area contributed by atoms with Gasteiger partial charge in [0.2, 0.25) is 0 Å². The molecule has 1 aromatic carbocycles. The lowest BCUT2D eigenvalue weighted by molar-refractivity contribution is -0.385. The molecule has 0 amide bonds. The van der Waals surface area contributed by atoms with E-state index in [1.165, 1.54) is 24.3 Å². The highest BCUT2D eigenvalue weighted by molar-refractivity contribution is 5.86. The summed E-state index contributed by atoms with van der Waals surface area (Å²) < 4.78 is 0. The van der Waals surface area contributed by atoms with Crippen molar-refractivity contribution in [2.75, 3.05) is 0 Å². The van der Waals surface area contributed by atoms with Crippen LogP contribution in [0.3, 0.4) is 0 Å². The van der Waals surface area contributed by atoms with Gasteiger partial charge in [0.25, 0.3) is 5.69 Å². The SMILES string of the molecule is O=C(O)/C=C\c1ccccc1[N+](=O)[O-]. The lowest BCUT2D eigenvalue weighted by atomic mass is 10.1. The first-order valence-electron chi connectivity index (χ1n) is 3.75. The van der Waals surface area contributed by atoms with E-state index in [4.69, 9.17) is 5.11 Å². The van der Waals surface area contributed by atoms with E-state index < -0.39 is 10.9 Å². The summed E-state index contributed by atoms with van der Waals surface area (Å²) in [6.07, 6.45) is 2.06. The van der Waals surface area contributed by atoms with Crippen LogP contribution in [0.2, 0.25) is 0 Å². The van der Waals surface area contributed by atoms with Crippen molar-refractivity contribution in [3.8, 4) is 0 Å². The van der Waals surface area contributed by atoms with Crippen molar-refractivity contribution in [3.05, 3.63) is 46.0 Å². The van der Waals surface area contributed by atoms with E-state index in [0.29, 0.717) is 0 Å². The average molecular weight is 193 g/mol. The summed E-state index contributed by atoms with van der Waals surface area (Å²) in [5.74, 6) is -1.14. The first-order valence-corrected chi connectivity index (χ1v) is 3.75. The number of para-hydroxylation sites is 1. The number of nitro groups is 1. The van der Waals surface area contributed by atoms with Crippen molar-refractivity contribution >= 4 is 17.7 Å². The van der Waals surface area contributed by atoms with E-state index in [0.717, 1.165) is 6.08 Å².